The van der Waals surface area contributed by atoms with Gasteiger partial charge in [0.1, 0.15) is 0 Å². The van der Waals surface area contributed by atoms with E-state index in [2.05, 4.69) is 104 Å². The van der Waals surface area contributed by atoms with Crippen LogP contribution in [0.25, 0.3) is 11.4 Å². The van der Waals surface area contributed by atoms with Crippen LogP contribution >= 0.6 is 11.8 Å². The molecule has 1 N–H and O–H groups in total. The molecule has 0 unspecified atom stereocenters. The van der Waals surface area contributed by atoms with Crippen LogP contribution in [-0.4, -0.2) is 45.7 Å². The number of carbonyl (C=O) groups excluding carboxylic acids is 1. The van der Waals surface area contributed by atoms with E-state index in [0.29, 0.717) is 5.16 Å². The summed E-state index contributed by atoms with van der Waals surface area (Å²) in [5, 5.41) is 13.5. The molecule has 0 spiro atoms. The van der Waals surface area contributed by atoms with Gasteiger partial charge >= 0.3 is 0 Å². The largest absolute Gasteiger partial charge is 0.372 e. The summed E-state index contributed by atoms with van der Waals surface area (Å²) in [6.07, 6.45) is 1.66. The van der Waals surface area contributed by atoms with Gasteiger partial charge in [0.15, 0.2) is 11.0 Å². The van der Waals surface area contributed by atoms with Crippen molar-refractivity contribution in [2.75, 3.05) is 23.7 Å². The molecule has 1 amide bonds. The van der Waals surface area contributed by atoms with Crippen molar-refractivity contribution < 1.29 is 4.79 Å². The van der Waals surface area contributed by atoms with Crippen molar-refractivity contribution in [2.45, 2.75) is 58.7 Å². The summed E-state index contributed by atoms with van der Waals surface area (Å²) in [4.78, 5) is 14.6. The van der Waals surface area contributed by atoms with Gasteiger partial charge in [0, 0.05) is 30.9 Å². The van der Waals surface area contributed by atoms with Gasteiger partial charge in [0.2, 0.25) is 0 Å². The number of aromatic nitrogens is 3. The quantitative estimate of drug-likeness (QED) is 0.235. The summed E-state index contributed by atoms with van der Waals surface area (Å²) in [5.41, 5.74) is 7.10. The Hall–Kier alpha value is -3.13. The van der Waals surface area contributed by atoms with E-state index in [0.717, 1.165) is 36.6 Å². The Morgan fingerprint density at radius 2 is 1.69 bits per heavy atom. The highest BCUT2D eigenvalue weighted by Gasteiger charge is 2.17. The second-order valence-electron chi connectivity index (χ2n) is 9.22. The van der Waals surface area contributed by atoms with Gasteiger partial charge in [-0.25, -0.2) is 5.43 Å². The lowest BCUT2D eigenvalue weighted by atomic mass is 9.87. The maximum absolute atomic E-state index is 12.3. The van der Waals surface area contributed by atoms with E-state index in [-0.39, 0.29) is 17.1 Å². The van der Waals surface area contributed by atoms with E-state index in [1.165, 1.54) is 23.0 Å². The lowest BCUT2D eigenvalue weighted by molar-refractivity contribution is -0.118. The number of hydrogen-bond donors (Lipinski definition) is 1. The van der Waals surface area contributed by atoms with Gasteiger partial charge < -0.3 is 9.47 Å². The van der Waals surface area contributed by atoms with Crippen molar-refractivity contribution in [3.8, 4) is 11.4 Å². The van der Waals surface area contributed by atoms with Crippen molar-refractivity contribution in [3.05, 3.63) is 59.7 Å². The molecule has 3 rings (SSSR count). The maximum Gasteiger partial charge on any atom is 0.250 e. The molecule has 0 aliphatic rings. The van der Waals surface area contributed by atoms with E-state index >= 15 is 0 Å². The zero-order valence-electron chi connectivity index (χ0n) is 21.6. The third kappa shape index (κ3) is 6.94. The Bertz CT molecular complexity index is 1130. The van der Waals surface area contributed by atoms with Crippen LogP contribution in [0.4, 0.5) is 5.69 Å². The Balaban J connectivity index is 1.57. The smallest absolute Gasteiger partial charge is 0.250 e. The average Bonchev–Trinajstić information content (AvgIpc) is 3.27. The Kier molecular flexibility index (Phi) is 9.09. The number of nitrogens with zero attached hydrogens (tertiary/aromatic N) is 5. The fourth-order valence-corrected chi connectivity index (χ4v) is 4.51. The minimum absolute atomic E-state index is 0.0998. The fourth-order valence-electron chi connectivity index (χ4n) is 3.71. The highest BCUT2D eigenvalue weighted by molar-refractivity contribution is 7.99. The first-order valence-electron chi connectivity index (χ1n) is 12.1. The zero-order chi connectivity index (χ0) is 25.4. The van der Waals surface area contributed by atoms with Crippen LogP contribution in [0.5, 0.6) is 0 Å². The van der Waals surface area contributed by atoms with Crippen molar-refractivity contribution >= 4 is 29.6 Å². The van der Waals surface area contributed by atoms with Crippen molar-refractivity contribution in [2.24, 2.45) is 5.10 Å². The summed E-state index contributed by atoms with van der Waals surface area (Å²) in [6, 6.07) is 16.6. The molecular weight excluding hydrogens is 456 g/mol. The first kappa shape index (κ1) is 26.5. The molecule has 2 aromatic carbocycles. The van der Waals surface area contributed by atoms with Gasteiger partial charge in [-0.1, -0.05) is 68.9 Å². The molecule has 0 fully saturated rings. The average molecular weight is 493 g/mol. The van der Waals surface area contributed by atoms with Crippen molar-refractivity contribution in [3.63, 3.8) is 0 Å². The third-order valence-electron chi connectivity index (χ3n) is 5.80. The minimum Gasteiger partial charge on any atom is -0.372 e. The van der Waals surface area contributed by atoms with Crippen LogP contribution < -0.4 is 10.3 Å². The number of anilines is 1. The molecule has 8 heteroatoms. The highest BCUT2D eigenvalue weighted by Crippen LogP contribution is 2.27. The first-order valence-corrected chi connectivity index (χ1v) is 13.1. The maximum atomic E-state index is 12.3. The van der Waals surface area contributed by atoms with Gasteiger partial charge in [-0.3, -0.25) is 4.79 Å². The Labute approximate surface area is 213 Å². The summed E-state index contributed by atoms with van der Waals surface area (Å²) >= 11 is 1.36. The Morgan fingerprint density at radius 3 is 2.26 bits per heavy atom. The van der Waals surface area contributed by atoms with E-state index in [4.69, 9.17) is 0 Å². The minimum atomic E-state index is -0.187. The van der Waals surface area contributed by atoms with E-state index in [9.17, 15) is 4.79 Å². The standard InChI is InChI=1S/C27H36N6OS/c1-7-32(8-2)23-16-10-20(11-17-23)18-28-29-24(34)19-35-26-31-30-25(33(26)9-3)21-12-14-22(15-13-21)27(4,5)6/h10-18H,7-9,19H2,1-6H3,(H,29,34). The molecule has 1 heterocycles. The summed E-state index contributed by atoms with van der Waals surface area (Å²) in [6.45, 7) is 15.6. The lowest BCUT2D eigenvalue weighted by Crippen LogP contribution is -2.21. The first-order chi connectivity index (χ1) is 16.8. The van der Waals surface area contributed by atoms with Gasteiger partial charge in [0.05, 0.1) is 12.0 Å². The monoisotopic (exact) mass is 492 g/mol. The molecule has 3 aromatic rings. The molecule has 0 bridgehead atoms. The molecule has 0 aliphatic carbocycles. The van der Waals surface area contributed by atoms with Crippen LogP contribution in [0.3, 0.4) is 0 Å². The summed E-state index contributed by atoms with van der Waals surface area (Å²) < 4.78 is 2.03. The number of hydrazone groups is 1. The van der Waals surface area contributed by atoms with E-state index in [1.54, 1.807) is 6.21 Å². The predicted octanol–water partition coefficient (Wildman–Crippen LogP) is 5.35. The molecule has 186 valence electrons. The normalized spacial score (nSPS) is 11.7. The molecule has 0 saturated heterocycles. The number of hydrogen-bond acceptors (Lipinski definition) is 6. The number of benzene rings is 2. The molecule has 0 saturated carbocycles. The molecule has 0 radical (unpaired) electrons. The third-order valence-corrected chi connectivity index (χ3v) is 6.77. The highest BCUT2D eigenvalue weighted by atomic mass is 32.2. The molecule has 0 aliphatic heterocycles. The molecule has 7 nitrogen and oxygen atoms in total. The van der Waals surface area contributed by atoms with Crippen LogP contribution in [0.1, 0.15) is 52.7 Å². The SMILES string of the molecule is CCN(CC)c1ccc(C=NNC(=O)CSc2nnc(-c3ccc(C(C)(C)C)cc3)n2CC)cc1. The number of rotatable bonds is 10. The molecule has 35 heavy (non-hydrogen) atoms. The zero-order valence-corrected chi connectivity index (χ0v) is 22.4. The molecular formula is C27H36N6OS. The topological polar surface area (TPSA) is 75.4 Å². The van der Waals surface area contributed by atoms with Gasteiger partial charge in [-0.05, 0) is 49.4 Å². The van der Waals surface area contributed by atoms with Gasteiger partial charge in [0.25, 0.3) is 5.91 Å². The van der Waals surface area contributed by atoms with Crippen LogP contribution in [-0.2, 0) is 16.8 Å². The summed E-state index contributed by atoms with van der Waals surface area (Å²) in [5.74, 6) is 0.828. The van der Waals surface area contributed by atoms with Crippen molar-refractivity contribution in [1.82, 2.24) is 20.2 Å². The van der Waals surface area contributed by atoms with Crippen LogP contribution in [0.15, 0.2) is 58.8 Å². The van der Waals surface area contributed by atoms with Crippen LogP contribution in [0.2, 0.25) is 0 Å². The fraction of sp³-hybridized carbons (Fsp3) is 0.407. The molecule has 1 aromatic heterocycles. The van der Waals surface area contributed by atoms with Crippen molar-refractivity contribution in [1.29, 1.82) is 0 Å². The van der Waals surface area contributed by atoms with E-state index < -0.39 is 0 Å². The summed E-state index contributed by atoms with van der Waals surface area (Å²) in [7, 11) is 0. The van der Waals surface area contributed by atoms with E-state index in [1.807, 2.05) is 16.7 Å². The van der Waals surface area contributed by atoms with Gasteiger partial charge in [-0.2, -0.15) is 5.10 Å². The van der Waals surface area contributed by atoms with Crippen LogP contribution in [0, 0.1) is 0 Å². The number of thioether (sulfide) groups is 1. The molecule has 0 atom stereocenters. The van der Waals surface area contributed by atoms with Gasteiger partial charge in [-0.15, -0.1) is 10.2 Å². The second-order valence-corrected chi connectivity index (χ2v) is 10.2. The second kappa shape index (κ2) is 12.0. The number of carbonyl (C=O) groups is 1. The number of amides is 1. The number of nitrogens with one attached hydrogen (secondary N) is 1. The predicted molar refractivity (Wildman–Crippen MR) is 146 cm³/mol. The Morgan fingerprint density at radius 1 is 1.03 bits per heavy atom. The lowest BCUT2D eigenvalue weighted by Gasteiger charge is -2.20.